The van der Waals surface area contributed by atoms with E-state index < -0.39 is 139 Å². The third-order valence-electron chi connectivity index (χ3n) is 17.1. The Balaban J connectivity index is 1.35. The van der Waals surface area contributed by atoms with Crippen LogP contribution in [-0.4, -0.2) is 204 Å². The summed E-state index contributed by atoms with van der Waals surface area (Å²) in [5.41, 5.74) is 1.19. The SMILES string of the molecule is CO[C@H]1C[C@@H]2CC[C@@H](C)[C@@](O)(O2)C(=O)C(=O)N2CCCCC2C(=O)O[C@H]([C@H](C)C[C@H]2CC[C@@H](OCCOC(=O)OC3O[C@H](CO)[C@@H](O)[C@@H](O)[C@H]3O)[C@H](OC)C2)CC(=O)[C@H](C)/C=C(\C)[C@@H](O)[C@@H](OC)C(=O)[C@@H](C)C[C@H](C)/C=C/C=C/C=C/1C. The van der Waals surface area contributed by atoms with E-state index in [9.17, 15) is 59.4 Å². The van der Waals surface area contributed by atoms with Gasteiger partial charge in [0, 0.05) is 58.5 Å². The number of Topliss-reactive ketones (excluding diaryl/α,β-unsaturated/α-hetero) is 3. The first-order chi connectivity index (χ1) is 38.9. The van der Waals surface area contributed by atoms with Crippen LogP contribution in [0.15, 0.2) is 47.6 Å². The van der Waals surface area contributed by atoms with Crippen molar-refractivity contribution in [2.24, 2.45) is 35.5 Å². The van der Waals surface area contributed by atoms with Crippen molar-refractivity contribution in [3.05, 3.63) is 47.6 Å². The third kappa shape index (κ3) is 18.1. The average molecular weight is 1160 g/mol. The van der Waals surface area contributed by atoms with E-state index in [1.165, 1.54) is 14.2 Å². The van der Waals surface area contributed by atoms with Crippen LogP contribution >= 0.6 is 0 Å². The van der Waals surface area contributed by atoms with E-state index in [0.29, 0.717) is 63.4 Å². The molecule has 2 bridgehead atoms. The Labute approximate surface area is 482 Å². The number of methoxy groups -OCH3 is 3. The number of esters is 1. The van der Waals surface area contributed by atoms with Gasteiger partial charge >= 0.3 is 12.1 Å². The predicted molar refractivity (Wildman–Crippen MR) is 295 cm³/mol. The molecule has 4 heterocycles. The Morgan fingerprint density at radius 1 is 0.817 bits per heavy atom. The second kappa shape index (κ2) is 32.3. The highest BCUT2D eigenvalue weighted by atomic mass is 16.8. The van der Waals surface area contributed by atoms with Gasteiger partial charge in [-0.25, -0.2) is 9.59 Å². The number of allylic oxidation sites excluding steroid dienone is 6. The molecule has 1 saturated carbocycles. The normalized spacial score (nSPS) is 40.0. The van der Waals surface area contributed by atoms with E-state index in [0.717, 1.165) is 10.5 Å². The molecule has 0 aromatic rings. The zero-order chi connectivity index (χ0) is 60.6. The lowest BCUT2D eigenvalue weighted by molar-refractivity contribution is -0.288. The molecule has 22 heteroatoms. The van der Waals surface area contributed by atoms with E-state index in [4.69, 9.17) is 42.6 Å². The summed E-state index contributed by atoms with van der Waals surface area (Å²) in [7, 11) is 4.45. The van der Waals surface area contributed by atoms with Gasteiger partial charge in [0.1, 0.15) is 61.2 Å². The van der Waals surface area contributed by atoms with Crippen molar-refractivity contribution < 1.29 is 102 Å². The van der Waals surface area contributed by atoms with E-state index in [1.54, 1.807) is 40.9 Å². The summed E-state index contributed by atoms with van der Waals surface area (Å²) in [6.45, 7) is 11.4. The maximum atomic E-state index is 14.6. The van der Waals surface area contributed by atoms with Crippen molar-refractivity contribution in [2.75, 3.05) is 47.7 Å². The molecule has 6 N–H and O–H groups in total. The fourth-order valence-electron chi connectivity index (χ4n) is 11.9. The number of fused-ring (bicyclic) bond motifs is 3. The monoisotopic (exact) mass is 1160 g/mol. The Morgan fingerprint density at radius 2 is 1.55 bits per heavy atom. The Hall–Kier alpha value is -4.30. The molecule has 5 rings (SSSR count). The summed E-state index contributed by atoms with van der Waals surface area (Å²) < 4.78 is 51.2. The minimum atomic E-state index is -2.49. The number of nitrogens with zero attached hydrogens (tertiary/aromatic N) is 1. The highest BCUT2D eigenvalue weighted by Crippen LogP contribution is 2.38. The summed E-state index contributed by atoms with van der Waals surface area (Å²) in [5.74, 6) is -8.73. The molecule has 5 aliphatic rings. The molecule has 1 amide bonds. The number of hydrogen-bond donors (Lipinski definition) is 6. The van der Waals surface area contributed by atoms with Crippen molar-refractivity contribution in [3.8, 4) is 0 Å². The number of amides is 1. The van der Waals surface area contributed by atoms with Crippen molar-refractivity contribution >= 4 is 35.4 Å². The average Bonchev–Trinajstić information content (AvgIpc) is 3.58. The maximum Gasteiger partial charge on any atom is 0.510 e. The summed E-state index contributed by atoms with van der Waals surface area (Å²) in [6.07, 6.45) is 0.676. The number of cyclic esters (lactones) is 1. The van der Waals surface area contributed by atoms with Crippen LogP contribution in [0, 0.1) is 35.5 Å². The number of piperidine rings is 1. The summed E-state index contributed by atoms with van der Waals surface area (Å²) >= 11 is 0. The maximum absolute atomic E-state index is 14.6. The number of rotatable bonds is 12. The first-order valence-electron chi connectivity index (χ1n) is 29.1. The zero-order valence-corrected chi connectivity index (χ0v) is 49.5. The molecule has 0 spiro atoms. The quantitative estimate of drug-likeness (QED) is 0.0692. The minimum absolute atomic E-state index is 0.0176. The van der Waals surface area contributed by atoms with E-state index in [2.05, 4.69) is 0 Å². The van der Waals surface area contributed by atoms with Gasteiger partial charge in [0.25, 0.3) is 11.7 Å². The fourth-order valence-corrected chi connectivity index (χ4v) is 11.9. The van der Waals surface area contributed by atoms with Gasteiger partial charge in [-0.15, -0.1) is 0 Å². The van der Waals surface area contributed by atoms with E-state index in [-0.39, 0.29) is 62.4 Å². The summed E-state index contributed by atoms with van der Waals surface area (Å²) in [5, 5.41) is 63.3. The summed E-state index contributed by atoms with van der Waals surface area (Å²) in [4.78, 5) is 85.2. The number of ether oxygens (including phenoxy) is 9. The molecule has 3 saturated heterocycles. The van der Waals surface area contributed by atoms with Gasteiger partial charge in [0.2, 0.25) is 12.1 Å². The molecule has 82 heavy (non-hydrogen) atoms. The van der Waals surface area contributed by atoms with Gasteiger partial charge in [-0.2, -0.15) is 0 Å². The van der Waals surface area contributed by atoms with Gasteiger partial charge < -0.3 is 78.2 Å². The molecule has 22 nitrogen and oxygen atoms in total. The number of aliphatic hydroxyl groups excluding tert-OH is 5. The van der Waals surface area contributed by atoms with Crippen LogP contribution in [0.2, 0.25) is 0 Å². The van der Waals surface area contributed by atoms with Gasteiger partial charge in [0.15, 0.2) is 5.78 Å². The first kappa shape index (κ1) is 68.5. The highest BCUT2D eigenvalue weighted by Gasteiger charge is 2.53. The molecule has 4 aliphatic heterocycles. The van der Waals surface area contributed by atoms with Crippen LogP contribution in [0.25, 0.3) is 0 Å². The lowest BCUT2D eigenvalue weighted by Crippen LogP contribution is -2.61. The van der Waals surface area contributed by atoms with Crippen LogP contribution in [0.1, 0.15) is 126 Å². The number of aliphatic hydroxyl groups is 6. The molecular formula is C60H93NO21. The fraction of sp³-hybridized carbons (Fsp3) is 0.767. The number of carbonyl (C=O) groups excluding carboxylic acids is 6. The number of hydrogen-bond acceptors (Lipinski definition) is 21. The molecule has 0 radical (unpaired) electrons. The molecule has 20 atom stereocenters. The van der Waals surface area contributed by atoms with Crippen LogP contribution in [0.4, 0.5) is 4.79 Å². The molecule has 1 aliphatic carbocycles. The lowest BCUT2D eigenvalue weighted by atomic mass is 9.78. The number of carbonyl (C=O) groups is 6. The van der Waals surface area contributed by atoms with Crippen molar-refractivity contribution in [1.29, 1.82) is 0 Å². The predicted octanol–water partition coefficient (Wildman–Crippen LogP) is 4.16. The number of ketones is 3. The van der Waals surface area contributed by atoms with Crippen LogP contribution in [-0.2, 0) is 66.6 Å². The Morgan fingerprint density at radius 3 is 2.23 bits per heavy atom. The van der Waals surface area contributed by atoms with Crippen molar-refractivity contribution in [3.63, 3.8) is 0 Å². The minimum Gasteiger partial charge on any atom is -0.460 e. The van der Waals surface area contributed by atoms with E-state index in [1.807, 2.05) is 51.2 Å². The topological polar surface area (TPSA) is 310 Å². The van der Waals surface area contributed by atoms with E-state index >= 15 is 0 Å². The Kier molecular flexibility index (Phi) is 27.0. The first-order valence-corrected chi connectivity index (χ1v) is 29.1. The van der Waals surface area contributed by atoms with Gasteiger partial charge in [-0.05, 0) is 107 Å². The molecule has 2 unspecified atom stereocenters. The largest absolute Gasteiger partial charge is 0.510 e. The molecule has 4 fully saturated rings. The van der Waals surface area contributed by atoms with Crippen molar-refractivity contribution in [1.82, 2.24) is 4.90 Å². The molecular weight excluding hydrogens is 1070 g/mol. The van der Waals surface area contributed by atoms with Gasteiger partial charge in [0.05, 0.1) is 37.6 Å². The summed E-state index contributed by atoms with van der Waals surface area (Å²) in [6, 6.07) is -1.22. The molecule has 464 valence electrons. The van der Waals surface area contributed by atoms with Gasteiger partial charge in [-0.3, -0.25) is 19.2 Å². The second-order valence-electron chi connectivity index (χ2n) is 23.3. The van der Waals surface area contributed by atoms with Crippen LogP contribution < -0.4 is 0 Å². The third-order valence-corrected chi connectivity index (χ3v) is 17.1. The molecule has 0 aromatic carbocycles. The lowest BCUT2D eigenvalue weighted by Gasteiger charge is -2.42. The second-order valence-corrected chi connectivity index (χ2v) is 23.3. The van der Waals surface area contributed by atoms with Crippen molar-refractivity contribution in [2.45, 2.75) is 211 Å². The van der Waals surface area contributed by atoms with Gasteiger partial charge in [-0.1, -0.05) is 71.1 Å². The van der Waals surface area contributed by atoms with Crippen LogP contribution in [0.5, 0.6) is 0 Å². The Bertz CT molecular complexity index is 2250. The molecule has 0 aromatic heterocycles. The van der Waals surface area contributed by atoms with Crippen LogP contribution in [0.3, 0.4) is 0 Å². The smallest absolute Gasteiger partial charge is 0.460 e. The standard InChI is InChI=1S/C60H93NO21/c1-33-16-12-11-13-17-34(2)45(74-8)30-41-21-19-39(7)60(73,82-41)55(69)56(70)61-23-15-14-18-42(61)57(71)79-46(31-43(63)35(3)27-38(6)50(65)54(76-10)49(64)37(5)26-33)36(4)28-40-20-22-44(47(29-40)75-9)77-24-25-78-59(72)81-58-53(68)52(67)51(66)48(32-62)80-58/h11-13,16-17,27,33,35-37,39-42,44-48,50-54,58,62,65-68,73H,14-15,18-26,28-32H2,1-10H3/b13-11+,16-12+,34-17+,38-27+/t33-,35-,36-,37+,39-,40-,41+,42?,44-,45+,46+,47-,48-,50-,51-,52-,53-,54+,58?,60-/m1/s1. The highest BCUT2D eigenvalue weighted by molar-refractivity contribution is 6.39. The zero-order valence-electron chi connectivity index (χ0n) is 49.5.